The molecular formula is C12H16N4O3S. The quantitative estimate of drug-likeness (QED) is 0.708. The van der Waals surface area contributed by atoms with Crippen molar-refractivity contribution in [2.45, 2.75) is 43.0 Å². The minimum atomic E-state index is -0.953. The Morgan fingerprint density at radius 3 is 2.85 bits per heavy atom. The van der Waals surface area contributed by atoms with E-state index >= 15 is 0 Å². The van der Waals surface area contributed by atoms with E-state index in [4.69, 9.17) is 0 Å². The number of carbonyl (C=O) groups is 2. The first-order valence-corrected chi connectivity index (χ1v) is 7.20. The Morgan fingerprint density at radius 1 is 1.60 bits per heavy atom. The van der Waals surface area contributed by atoms with Crippen molar-refractivity contribution in [3.05, 3.63) is 11.9 Å². The fourth-order valence-corrected chi connectivity index (χ4v) is 4.41. The number of carbonyl (C=O) groups excluding carboxylic acids is 1. The molecule has 20 heavy (non-hydrogen) atoms. The van der Waals surface area contributed by atoms with E-state index in [-0.39, 0.29) is 11.3 Å². The number of aryl methyl sites for hydroxylation is 1. The Morgan fingerprint density at radius 2 is 2.30 bits per heavy atom. The van der Waals surface area contributed by atoms with Crippen LogP contribution in [0.3, 0.4) is 0 Å². The van der Waals surface area contributed by atoms with E-state index in [1.54, 1.807) is 6.20 Å². The molecule has 7 nitrogen and oxygen atoms in total. The number of amides is 1. The van der Waals surface area contributed by atoms with Crippen molar-refractivity contribution in [1.82, 2.24) is 14.9 Å². The smallest absolute Gasteiger partial charge is 0.327 e. The molecule has 8 heteroatoms. The molecular weight excluding hydrogens is 280 g/mol. The summed E-state index contributed by atoms with van der Waals surface area (Å²) in [4.78, 5) is 32.2. The zero-order chi connectivity index (χ0) is 14.7. The molecule has 0 spiro atoms. The highest BCUT2D eigenvalue weighted by molar-refractivity contribution is 8.01. The molecule has 3 N–H and O–H groups in total. The second kappa shape index (κ2) is 4.15. The van der Waals surface area contributed by atoms with Gasteiger partial charge in [0, 0.05) is 10.9 Å². The molecule has 0 aliphatic carbocycles. The van der Waals surface area contributed by atoms with Crippen LogP contribution in [0.5, 0.6) is 0 Å². The van der Waals surface area contributed by atoms with E-state index < -0.39 is 22.8 Å². The number of nitrogens with zero attached hydrogens (tertiary/aromatic N) is 2. The monoisotopic (exact) mass is 296 g/mol. The normalized spacial score (nSPS) is 30.9. The molecule has 0 radical (unpaired) electrons. The van der Waals surface area contributed by atoms with E-state index in [1.807, 2.05) is 20.8 Å². The lowest BCUT2D eigenvalue weighted by atomic mass is 9.96. The average Bonchev–Trinajstić information content (AvgIpc) is 2.85. The van der Waals surface area contributed by atoms with Gasteiger partial charge in [0.15, 0.2) is 0 Å². The maximum Gasteiger partial charge on any atom is 0.327 e. The van der Waals surface area contributed by atoms with Crippen LogP contribution in [0.25, 0.3) is 0 Å². The molecule has 2 fully saturated rings. The van der Waals surface area contributed by atoms with Gasteiger partial charge >= 0.3 is 5.97 Å². The van der Waals surface area contributed by atoms with E-state index in [1.165, 1.54) is 16.7 Å². The van der Waals surface area contributed by atoms with Gasteiger partial charge in [-0.3, -0.25) is 4.79 Å². The predicted octanol–water partition coefficient (Wildman–Crippen LogP) is 0.646. The second-order valence-corrected chi connectivity index (χ2v) is 7.38. The summed E-state index contributed by atoms with van der Waals surface area (Å²) < 4.78 is -0.498. The van der Waals surface area contributed by atoms with Gasteiger partial charge in [0.1, 0.15) is 17.5 Å². The van der Waals surface area contributed by atoms with Crippen molar-refractivity contribution >= 4 is 29.6 Å². The minimum Gasteiger partial charge on any atom is -0.480 e. The summed E-state index contributed by atoms with van der Waals surface area (Å²) >= 11 is 1.51. The zero-order valence-corrected chi connectivity index (χ0v) is 12.2. The molecule has 3 heterocycles. The summed E-state index contributed by atoms with van der Waals surface area (Å²) in [6.45, 7) is 5.57. The minimum absolute atomic E-state index is 0.163. The van der Waals surface area contributed by atoms with Crippen LogP contribution in [0.15, 0.2) is 6.20 Å². The van der Waals surface area contributed by atoms with Gasteiger partial charge in [0.25, 0.3) is 0 Å². The van der Waals surface area contributed by atoms with Gasteiger partial charge in [-0.1, -0.05) is 0 Å². The third kappa shape index (κ3) is 1.78. The molecule has 108 valence electrons. The summed E-state index contributed by atoms with van der Waals surface area (Å²) in [5.41, 5.74) is 0.832. The molecule has 0 saturated carbocycles. The summed E-state index contributed by atoms with van der Waals surface area (Å²) in [5.74, 6) is -0.599. The van der Waals surface area contributed by atoms with Crippen molar-refractivity contribution in [3.8, 4) is 0 Å². The first-order valence-electron chi connectivity index (χ1n) is 6.32. The van der Waals surface area contributed by atoms with Gasteiger partial charge in [0.2, 0.25) is 11.9 Å². The Labute approximate surface area is 120 Å². The third-order valence-corrected chi connectivity index (χ3v) is 5.24. The number of carboxylic acid groups (broad SMARTS) is 1. The number of anilines is 1. The molecule has 0 aromatic carbocycles. The Balaban J connectivity index is 1.79. The lowest BCUT2D eigenvalue weighted by Crippen LogP contribution is -2.68. The van der Waals surface area contributed by atoms with Gasteiger partial charge in [-0.05, 0) is 20.8 Å². The number of carboxylic acids is 1. The predicted molar refractivity (Wildman–Crippen MR) is 74.5 cm³/mol. The van der Waals surface area contributed by atoms with Gasteiger partial charge < -0.3 is 20.3 Å². The number of thioether (sulfide) groups is 1. The van der Waals surface area contributed by atoms with Crippen LogP contribution in [0.4, 0.5) is 5.95 Å². The van der Waals surface area contributed by atoms with E-state index in [0.717, 1.165) is 5.69 Å². The van der Waals surface area contributed by atoms with E-state index in [2.05, 4.69) is 15.3 Å². The zero-order valence-electron chi connectivity index (χ0n) is 11.4. The number of nitrogens with one attached hydrogen (secondary N) is 2. The molecule has 2 saturated heterocycles. The van der Waals surface area contributed by atoms with Gasteiger partial charge in [-0.25, -0.2) is 9.78 Å². The van der Waals surface area contributed by atoms with Crippen LogP contribution in [0.2, 0.25) is 0 Å². The fourth-order valence-electron chi connectivity index (χ4n) is 2.78. The number of rotatable bonds is 3. The Bertz CT molecular complexity index is 585. The number of β-lactam (4-membered cyclic amide) rings is 1. The number of hydrogen-bond acceptors (Lipinski definition) is 5. The molecule has 3 rings (SSSR count). The summed E-state index contributed by atoms with van der Waals surface area (Å²) in [6.07, 6.45) is 1.75. The van der Waals surface area contributed by atoms with Crippen LogP contribution < -0.4 is 5.32 Å². The SMILES string of the molecule is Cc1c[nH]c(NC2C(=O)N3C2SC(C)(C)C3C(=O)O)n1. The third-order valence-electron chi connectivity index (χ3n) is 3.67. The largest absolute Gasteiger partial charge is 0.480 e. The second-order valence-electron chi connectivity index (χ2n) is 5.61. The van der Waals surface area contributed by atoms with Crippen molar-refractivity contribution in [2.24, 2.45) is 0 Å². The highest BCUT2D eigenvalue weighted by atomic mass is 32.2. The van der Waals surface area contributed by atoms with E-state index in [0.29, 0.717) is 5.95 Å². The first-order chi connectivity index (χ1) is 9.31. The maximum absolute atomic E-state index is 12.2. The number of imidazole rings is 1. The highest BCUT2D eigenvalue weighted by Gasteiger charge is 2.64. The number of aliphatic carboxylic acids is 1. The number of aromatic nitrogens is 2. The van der Waals surface area contributed by atoms with Gasteiger partial charge in [-0.15, -0.1) is 11.8 Å². The Kier molecular flexibility index (Phi) is 2.75. The number of fused-ring (bicyclic) bond motifs is 1. The van der Waals surface area contributed by atoms with Crippen LogP contribution in [-0.2, 0) is 9.59 Å². The van der Waals surface area contributed by atoms with E-state index in [9.17, 15) is 14.7 Å². The lowest BCUT2D eigenvalue weighted by molar-refractivity contribution is -0.158. The van der Waals surface area contributed by atoms with Gasteiger partial charge in [-0.2, -0.15) is 0 Å². The van der Waals surface area contributed by atoms with Crippen LogP contribution in [-0.4, -0.2) is 54.1 Å². The Hall–Kier alpha value is -1.70. The van der Waals surface area contributed by atoms with Crippen molar-refractivity contribution in [2.75, 3.05) is 5.32 Å². The standard InChI is InChI=1S/C12H16N4O3S/c1-5-4-13-11(14-5)15-6-8(17)16-7(10(18)19)12(2,3)20-9(6)16/h4,6-7,9H,1-3H3,(H,18,19)(H2,13,14,15). The number of hydrogen-bond donors (Lipinski definition) is 3. The molecule has 2 aliphatic heterocycles. The molecule has 1 amide bonds. The van der Waals surface area contributed by atoms with Crippen LogP contribution in [0, 0.1) is 6.92 Å². The summed E-state index contributed by atoms with van der Waals surface area (Å²) in [6, 6.07) is -1.20. The summed E-state index contributed by atoms with van der Waals surface area (Å²) in [5, 5.41) is 12.2. The number of aromatic amines is 1. The first kappa shape index (κ1) is 13.3. The van der Waals surface area contributed by atoms with Gasteiger partial charge in [0.05, 0.1) is 5.69 Å². The maximum atomic E-state index is 12.2. The molecule has 3 unspecified atom stereocenters. The van der Waals surface area contributed by atoms with Crippen molar-refractivity contribution in [3.63, 3.8) is 0 Å². The molecule has 3 atom stereocenters. The number of H-pyrrole nitrogens is 1. The van der Waals surface area contributed by atoms with Crippen molar-refractivity contribution in [1.29, 1.82) is 0 Å². The fraction of sp³-hybridized carbons (Fsp3) is 0.583. The molecule has 0 bridgehead atoms. The molecule has 1 aromatic rings. The topological polar surface area (TPSA) is 98.3 Å². The van der Waals surface area contributed by atoms with Crippen LogP contribution in [0.1, 0.15) is 19.5 Å². The molecule has 1 aromatic heterocycles. The highest BCUT2D eigenvalue weighted by Crippen LogP contribution is 2.51. The van der Waals surface area contributed by atoms with Crippen molar-refractivity contribution < 1.29 is 14.7 Å². The lowest BCUT2D eigenvalue weighted by Gasteiger charge is -2.43. The van der Waals surface area contributed by atoms with Crippen LogP contribution >= 0.6 is 11.8 Å². The average molecular weight is 296 g/mol. The summed E-state index contributed by atoms with van der Waals surface area (Å²) in [7, 11) is 0. The molecule has 2 aliphatic rings.